The molecule has 6 nitrogen and oxygen atoms in total. The summed E-state index contributed by atoms with van der Waals surface area (Å²) in [4.78, 5) is 31.1. The zero-order chi connectivity index (χ0) is 14.9. The Balaban J connectivity index is 2.15. The minimum absolute atomic E-state index is 0.0262. The first kappa shape index (κ1) is 14.7. The molecule has 1 amide bonds. The number of nitrogens with zero attached hydrogens (tertiary/aromatic N) is 1. The van der Waals surface area contributed by atoms with Crippen LogP contribution in [0.2, 0.25) is 0 Å². The fourth-order valence-corrected chi connectivity index (χ4v) is 2.08. The van der Waals surface area contributed by atoms with Crippen molar-refractivity contribution in [3.05, 3.63) is 27.4 Å². The molecule has 1 aromatic heterocycles. The molecule has 1 fully saturated rings. The number of rotatable bonds is 4. The van der Waals surface area contributed by atoms with E-state index in [1.54, 1.807) is 6.92 Å². The third kappa shape index (κ3) is 2.90. The number of hydrogen-bond donors (Lipinski definition) is 2. The normalized spacial score (nSPS) is 16.9. The van der Waals surface area contributed by atoms with Gasteiger partial charge < -0.3 is 15.0 Å². The van der Waals surface area contributed by atoms with Crippen LogP contribution in [0.3, 0.4) is 0 Å². The van der Waals surface area contributed by atoms with Gasteiger partial charge in [-0.1, -0.05) is 20.8 Å². The fraction of sp³-hybridized carbons (Fsp3) is 0.643. The number of nitrogens with one attached hydrogen (secondary N) is 2. The maximum atomic E-state index is 12.1. The van der Waals surface area contributed by atoms with Crippen molar-refractivity contribution in [1.82, 2.24) is 15.3 Å². The molecule has 2 rings (SSSR count). The lowest BCUT2D eigenvalue weighted by Crippen LogP contribution is -2.49. The minimum atomic E-state index is -0.381. The van der Waals surface area contributed by atoms with Gasteiger partial charge in [0.15, 0.2) is 0 Å². The first-order chi connectivity index (χ1) is 9.32. The summed E-state index contributed by atoms with van der Waals surface area (Å²) in [5.41, 5.74) is 0.152. The SMILES string of the molecule is Cc1nc(C(C)C)[nH]c(=O)c1C(=O)NCC1(C)COC1. The summed E-state index contributed by atoms with van der Waals surface area (Å²) in [6, 6.07) is 0. The van der Waals surface area contributed by atoms with Crippen LogP contribution in [0, 0.1) is 12.3 Å². The van der Waals surface area contributed by atoms with Gasteiger partial charge in [-0.05, 0) is 6.92 Å². The lowest BCUT2D eigenvalue weighted by Gasteiger charge is -2.38. The Labute approximate surface area is 118 Å². The maximum absolute atomic E-state index is 12.1. The zero-order valence-electron chi connectivity index (χ0n) is 12.4. The van der Waals surface area contributed by atoms with Crippen molar-refractivity contribution in [3.8, 4) is 0 Å². The lowest BCUT2D eigenvalue weighted by molar-refractivity contribution is -0.0978. The second kappa shape index (κ2) is 5.36. The monoisotopic (exact) mass is 279 g/mol. The van der Waals surface area contributed by atoms with E-state index in [2.05, 4.69) is 15.3 Å². The fourth-order valence-electron chi connectivity index (χ4n) is 2.08. The van der Waals surface area contributed by atoms with Crippen molar-refractivity contribution in [2.45, 2.75) is 33.6 Å². The molecule has 20 heavy (non-hydrogen) atoms. The van der Waals surface area contributed by atoms with Crippen molar-refractivity contribution >= 4 is 5.91 Å². The molecular weight excluding hydrogens is 258 g/mol. The third-order valence-electron chi connectivity index (χ3n) is 3.47. The molecule has 6 heteroatoms. The topological polar surface area (TPSA) is 84.1 Å². The van der Waals surface area contributed by atoms with Gasteiger partial charge in [0.1, 0.15) is 11.4 Å². The number of hydrogen-bond acceptors (Lipinski definition) is 4. The number of aromatic amines is 1. The Kier molecular flexibility index (Phi) is 3.94. The molecule has 0 spiro atoms. The molecule has 110 valence electrons. The van der Waals surface area contributed by atoms with E-state index >= 15 is 0 Å². The third-order valence-corrected chi connectivity index (χ3v) is 3.47. The molecule has 0 atom stereocenters. The van der Waals surface area contributed by atoms with Crippen LogP contribution in [-0.2, 0) is 4.74 Å². The zero-order valence-corrected chi connectivity index (χ0v) is 12.4. The smallest absolute Gasteiger partial charge is 0.264 e. The van der Waals surface area contributed by atoms with Gasteiger partial charge in [-0.3, -0.25) is 9.59 Å². The van der Waals surface area contributed by atoms with E-state index in [-0.39, 0.29) is 28.4 Å². The van der Waals surface area contributed by atoms with Gasteiger partial charge in [0.2, 0.25) is 0 Å². The number of ether oxygens (including phenoxy) is 1. The summed E-state index contributed by atoms with van der Waals surface area (Å²) >= 11 is 0. The van der Waals surface area contributed by atoms with E-state index in [9.17, 15) is 9.59 Å². The highest BCUT2D eigenvalue weighted by Gasteiger charge is 2.34. The molecule has 1 saturated heterocycles. The number of aromatic nitrogens is 2. The van der Waals surface area contributed by atoms with Crippen LogP contribution in [0.25, 0.3) is 0 Å². The van der Waals surface area contributed by atoms with Crippen molar-refractivity contribution in [2.75, 3.05) is 19.8 Å². The van der Waals surface area contributed by atoms with E-state index in [1.807, 2.05) is 20.8 Å². The largest absolute Gasteiger partial charge is 0.380 e. The van der Waals surface area contributed by atoms with Crippen LogP contribution in [0.15, 0.2) is 4.79 Å². The Hall–Kier alpha value is -1.69. The van der Waals surface area contributed by atoms with Gasteiger partial charge in [0, 0.05) is 17.9 Å². The maximum Gasteiger partial charge on any atom is 0.264 e. The summed E-state index contributed by atoms with van der Waals surface area (Å²) in [5.74, 6) is 0.340. The highest BCUT2D eigenvalue weighted by molar-refractivity contribution is 5.94. The Morgan fingerprint density at radius 1 is 1.50 bits per heavy atom. The van der Waals surface area contributed by atoms with Crippen LogP contribution < -0.4 is 10.9 Å². The van der Waals surface area contributed by atoms with Crippen LogP contribution in [0.5, 0.6) is 0 Å². The van der Waals surface area contributed by atoms with Crippen molar-refractivity contribution in [3.63, 3.8) is 0 Å². The quantitative estimate of drug-likeness (QED) is 0.860. The second-order valence-corrected chi connectivity index (χ2v) is 6.05. The van der Waals surface area contributed by atoms with Crippen LogP contribution in [0.1, 0.15) is 48.6 Å². The molecule has 2 heterocycles. The van der Waals surface area contributed by atoms with E-state index < -0.39 is 0 Å². The predicted molar refractivity (Wildman–Crippen MR) is 74.9 cm³/mol. The molecule has 0 aromatic carbocycles. The van der Waals surface area contributed by atoms with Crippen molar-refractivity contribution in [2.24, 2.45) is 5.41 Å². The van der Waals surface area contributed by atoms with Crippen LogP contribution in [0.4, 0.5) is 0 Å². The van der Waals surface area contributed by atoms with Crippen LogP contribution in [-0.4, -0.2) is 35.6 Å². The number of carbonyl (C=O) groups excluding carboxylic acids is 1. The van der Waals surface area contributed by atoms with E-state index in [1.165, 1.54) is 0 Å². The molecule has 0 radical (unpaired) electrons. The molecule has 1 aliphatic heterocycles. The Bertz CT molecular complexity index is 574. The summed E-state index contributed by atoms with van der Waals surface area (Å²) in [7, 11) is 0. The van der Waals surface area contributed by atoms with Crippen molar-refractivity contribution < 1.29 is 9.53 Å². The summed E-state index contributed by atoms with van der Waals surface area (Å²) < 4.78 is 5.13. The highest BCUT2D eigenvalue weighted by atomic mass is 16.5. The van der Waals surface area contributed by atoms with Crippen molar-refractivity contribution in [1.29, 1.82) is 0 Å². The molecule has 0 unspecified atom stereocenters. The molecule has 0 saturated carbocycles. The van der Waals surface area contributed by atoms with Gasteiger partial charge in [-0.2, -0.15) is 0 Å². The molecule has 0 bridgehead atoms. The van der Waals surface area contributed by atoms with Gasteiger partial charge >= 0.3 is 0 Å². The highest BCUT2D eigenvalue weighted by Crippen LogP contribution is 2.25. The number of aryl methyl sites for hydroxylation is 1. The average molecular weight is 279 g/mol. The first-order valence-corrected chi connectivity index (χ1v) is 6.79. The number of amides is 1. The second-order valence-electron chi connectivity index (χ2n) is 6.05. The molecular formula is C14H21N3O3. The molecule has 1 aromatic rings. The predicted octanol–water partition coefficient (Wildman–Crippen LogP) is 0.968. The lowest BCUT2D eigenvalue weighted by atomic mass is 9.88. The number of carbonyl (C=O) groups is 1. The number of H-pyrrole nitrogens is 1. The van der Waals surface area contributed by atoms with Gasteiger partial charge in [0.05, 0.1) is 18.9 Å². The van der Waals surface area contributed by atoms with E-state index in [0.717, 1.165) is 0 Å². The average Bonchev–Trinajstić information content (AvgIpc) is 2.33. The van der Waals surface area contributed by atoms with Crippen LogP contribution >= 0.6 is 0 Å². The summed E-state index contributed by atoms with van der Waals surface area (Å²) in [5, 5.41) is 2.79. The molecule has 2 N–H and O–H groups in total. The summed E-state index contributed by atoms with van der Waals surface area (Å²) in [6.07, 6.45) is 0. The molecule has 0 aliphatic carbocycles. The summed E-state index contributed by atoms with van der Waals surface area (Å²) in [6.45, 7) is 9.36. The van der Waals surface area contributed by atoms with Gasteiger partial charge in [0.25, 0.3) is 11.5 Å². The van der Waals surface area contributed by atoms with Gasteiger partial charge in [-0.25, -0.2) is 4.98 Å². The standard InChI is InChI=1S/C14H21N3O3/c1-8(2)11-16-9(3)10(13(19)17-11)12(18)15-5-14(4)6-20-7-14/h8H,5-7H2,1-4H3,(H,15,18)(H,16,17,19). The minimum Gasteiger partial charge on any atom is -0.380 e. The van der Waals surface area contributed by atoms with Gasteiger partial charge in [-0.15, -0.1) is 0 Å². The Morgan fingerprint density at radius 3 is 2.60 bits per heavy atom. The van der Waals surface area contributed by atoms with E-state index in [4.69, 9.17) is 4.74 Å². The first-order valence-electron chi connectivity index (χ1n) is 6.79. The molecule has 1 aliphatic rings. The van der Waals surface area contributed by atoms with E-state index in [0.29, 0.717) is 31.3 Å². The Morgan fingerprint density at radius 2 is 2.15 bits per heavy atom.